The molecule has 1 heterocycles. The smallest absolute Gasteiger partial charge is 0.129 e. The van der Waals surface area contributed by atoms with Gasteiger partial charge in [0.1, 0.15) is 11.5 Å². The summed E-state index contributed by atoms with van der Waals surface area (Å²) in [6.07, 6.45) is 1.27. The minimum atomic E-state index is 0.755. The van der Waals surface area contributed by atoms with Crippen LogP contribution >= 0.6 is 0 Å². The number of ether oxygens (including phenoxy) is 2. The van der Waals surface area contributed by atoms with Crippen molar-refractivity contribution in [2.24, 2.45) is 5.92 Å². The Bertz CT molecular complexity index is 415. The van der Waals surface area contributed by atoms with Crippen LogP contribution in [-0.2, 0) is 6.54 Å². The molecule has 0 saturated carbocycles. The Labute approximate surface area is 115 Å². The zero-order valence-electron chi connectivity index (χ0n) is 12.1. The third kappa shape index (κ3) is 3.39. The molecule has 0 radical (unpaired) electrons. The van der Waals surface area contributed by atoms with Gasteiger partial charge in [0.25, 0.3) is 0 Å². The average Bonchev–Trinajstić information content (AvgIpc) is 2.92. The van der Waals surface area contributed by atoms with Crippen LogP contribution < -0.4 is 20.1 Å². The van der Waals surface area contributed by atoms with Gasteiger partial charge in [0.15, 0.2) is 0 Å². The lowest BCUT2D eigenvalue weighted by Gasteiger charge is -2.16. The van der Waals surface area contributed by atoms with Crippen molar-refractivity contribution in [2.75, 3.05) is 33.9 Å². The molecule has 1 fully saturated rings. The Morgan fingerprint density at radius 1 is 1.32 bits per heavy atom. The van der Waals surface area contributed by atoms with E-state index >= 15 is 0 Å². The molecule has 1 aromatic rings. The van der Waals surface area contributed by atoms with E-state index in [9.17, 15) is 0 Å². The van der Waals surface area contributed by atoms with Crippen molar-refractivity contribution < 1.29 is 9.47 Å². The molecule has 1 aliphatic rings. The number of benzene rings is 1. The van der Waals surface area contributed by atoms with E-state index in [0.717, 1.165) is 49.2 Å². The summed E-state index contributed by atoms with van der Waals surface area (Å²) < 4.78 is 10.8. The van der Waals surface area contributed by atoms with Crippen LogP contribution in [0.4, 0.5) is 0 Å². The second-order valence-corrected chi connectivity index (χ2v) is 5.07. The van der Waals surface area contributed by atoms with Gasteiger partial charge in [0.2, 0.25) is 0 Å². The number of rotatable bonds is 6. The quantitative estimate of drug-likeness (QED) is 0.821. The molecule has 19 heavy (non-hydrogen) atoms. The molecule has 1 unspecified atom stereocenters. The molecule has 4 nitrogen and oxygen atoms in total. The van der Waals surface area contributed by atoms with Crippen LogP contribution in [0.2, 0.25) is 0 Å². The Hall–Kier alpha value is -1.26. The molecule has 2 rings (SSSR count). The fourth-order valence-corrected chi connectivity index (χ4v) is 2.67. The predicted molar refractivity (Wildman–Crippen MR) is 77.0 cm³/mol. The summed E-state index contributed by atoms with van der Waals surface area (Å²) in [5, 5.41) is 6.91. The molecule has 0 aromatic heterocycles. The first-order chi connectivity index (χ1) is 9.26. The lowest BCUT2D eigenvalue weighted by molar-refractivity contribution is 0.383. The summed E-state index contributed by atoms with van der Waals surface area (Å²) in [6, 6.07) is 4.08. The van der Waals surface area contributed by atoms with Crippen molar-refractivity contribution in [3.63, 3.8) is 0 Å². The van der Waals surface area contributed by atoms with Gasteiger partial charge in [-0.05, 0) is 45.0 Å². The first-order valence-electron chi connectivity index (χ1n) is 6.88. The van der Waals surface area contributed by atoms with Crippen LogP contribution in [0.15, 0.2) is 12.1 Å². The van der Waals surface area contributed by atoms with Gasteiger partial charge >= 0.3 is 0 Å². The van der Waals surface area contributed by atoms with E-state index in [4.69, 9.17) is 9.47 Å². The predicted octanol–water partition coefficient (Wildman–Crippen LogP) is 1.71. The largest absolute Gasteiger partial charge is 0.496 e. The first-order valence-corrected chi connectivity index (χ1v) is 6.88. The Morgan fingerprint density at radius 3 is 2.79 bits per heavy atom. The molecule has 106 valence electrons. The molecular weight excluding hydrogens is 240 g/mol. The van der Waals surface area contributed by atoms with Crippen molar-refractivity contribution in [3.05, 3.63) is 23.3 Å². The summed E-state index contributed by atoms with van der Waals surface area (Å²) >= 11 is 0. The second-order valence-electron chi connectivity index (χ2n) is 5.07. The van der Waals surface area contributed by atoms with Crippen LogP contribution in [0.5, 0.6) is 11.5 Å². The zero-order chi connectivity index (χ0) is 13.7. The monoisotopic (exact) mass is 264 g/mol. The maximum atomic E-state index is 5.51. The summed E-state index contributed by atoms with van der Waals surface area (Å²) in [7, 11) is 3.40. The summed E-state index contributed by atoms with van der Waals surface area (Å²) in [6.45, 7) is 6.21. The Balaban J connectivity index is 1.97. The van der Waals surface area contributed by atoms with Crippen molar-refractivity contribution in [2.45, 2.75) is 19.9 Å². The van der Waals surface area contributed by atoms with Crippen LogP contribution in [-0.4, -0.2) is 33.9 Å². The van der Waals surface area contributed by atoms with Gasteiger partial charge < -0.3 is 20.1 Å². The van der Waals surface area contributed by atoms with Gasteiger partial charge in [-0.2, -0.15) is 0 Å². The minimum Gasteiger partial charge on any atom is -0.496 e. The average molecular weight is 264 g/mol. The number of hydrogen-bond donors (Lipinski definition) is 2. The summed E-state index contributed by atoms with van der Waals surface area (Å²) in [5.74, 6) is 2.56. The Kier molecular flexibility index (Phi) is 5.05. The Morgan fingerprint density at radius 2 is 2.16 bits per heavy atom. The first kappa shape index (κ1) is 14.2. The van der Waals surface area contributed by atoms with E-state index < -0.39 is 0 Å². The SMILES string of the molecule is COc1ccc(CNCC2CCNC2)c(OC)c1C. The number of nitrogens with one attached hydrogen (secondary N) is 2. The van der Waals surface area contributed by atoms with Gasteiger partial charge in [-0.1, -0.05) is 6.07 Å². The lowest BCUT2D eigenvalue weighted by atomic mass is 10.1. The summed E-state index contributed by atoms with van der Waals surface area (Å²) in [5.41, 5.74) is 2.25. The maximum Gasteiger partial charge on any atom is 0.129 e. The molecule has 0 spiro atoms. The summed E-state index contributed by atoms with van der Waals surface area (Å²) in [4.78, 5) is 0. The molecule has 1 aromatic carbocycles. The van der Waals surface area contributed by atoms with Gasteiger partial charge in [0.05, 0.1) is 14.2 Å². The van der Waals surface area contributed by atoms with E-state index in [1.165, 1.54) is 12.0 Å². The van der Waals surface area contributed by atoms with Crippen LogP contribution in [0.1, 0.15) is 17.5 Å². The third-order valence-corrected chi connectivity index (χ3v) is 3.77. The van der Waals surface area contributed by atoms with Crippen LogP contribution in [0.3, 0.4) is 0 Å². The van der Waals surface area contributed by atoms with Crippen LogP contribution in [0.25, 0.3) is 0 Å². The molecule has 0 aliphatic carbocycles. The second kappa shape index (κ2) is 6.78. The van der Waals surface area contributed by atoms with Gasteiger partial charge in [0, 0.05) is 17.7 Å². The van der Waals surface area contributed by atoms with Crippen molar-refractivity contribution in [1.29, 1.82) is 0 Å². The maximum absolute atomic E-state index is 5.51. The van der Waals surface area contributed by atoms with E-state index in [2.05, 4.69) is 16.7 Å². The topological polar surface area (TPSA) is 42.5 Å². The normalized spacial score (nSPS) is 18.6. The highest BCUT2D eigenvalue weighted by Gasteiger charge is 2.15. The van der Waals surface area contributed by atoms with Crippen molar-refractivity contribution in [1.82, 2.24) is 10.6 Å². The molecule has 1 atom stereocenters. The van der Waals surface area contributed by atoms with E-state index in [-0.39, 0.29) is 0 Å². The molecule has 4 heteroatoms. The van der Waals surface area contributed by atoms with Gasteiger partial charge in [-0.25, -0.2) is 0 Å². The van der Waals surface area contributed by atoms with Gasteiger partial charge in [-0.15, -0.1) is 0 Å². The van der Waals surface area contributed by atoms with E-state index in [0.29, 0.717) is 0 Å². The van der Waals surface area contributed by atoms with E-state index in [1.807, 2.05) is 13.0 Å². The standard InChI is InChI=1S/C15H24N2O2/c1-11-14(18-2)5-4-13(15(11)19-3)10-17-9-12-6-7-16-8-12/h4-5,12,16-17H,6-10H2,1-3H3. The molecular formula is C15H24N2O2. The molecule has 2 N–H and O–H groups in total. The fraction of sp³-hybridized carbons (Fsp3) is 0.600. The molecule has 0 amide bonds. The molecule has 1 aliphatic heterocycles. The van der Waals surface area contributed by atoms with Crippen LogP contribution in [0, 0.1) is 12.8 Å². The van der Waals surface area contributed by atoms with E-state index in [1.54, 1.807) is 14.2 Å². The third-order valence-electron chi connectivity index (χ3n) is 3.77. The molecule has 0 bridgehead atoms. The fourth-order valence-electron chi connectivity index (χ4n) is 2.67. The van der Waals surface area contributed by atoms with Crippen molar-refractivity contribution >= 4 is 0 Å². The highest BCUT2D eigenvalue weighted by atomic mass is 16.5. The van der Waals surface area contributed by atoms with Crippen molar-refractivity contribution in [3.8, 4) is 11.5 Å². The van der Waals surface area contributed by atoms with Gasteiger partial charge in [-0.3, -0.25) is 0 Å². The highest BCUT2D eigenvalue weighted by Crippen LogP contribution is 2.31. The zero-order valence-corrected chi connectivity index (χ0v) is 12.1. The lowest BCUT2D eigenvalue weighted by Crippen LogP contribution is -2.24. The number of methoxy groups -OCH3 is 2. The minimum absolute atomic E-state index is 0.755. The highest BCUT2D eigenvalue weighted by molar-refractivity contribution is 5.49. The number of hydrogen-bond acceptors (Lipinski definition) is 4. The molecule has 1 saturated heterocycles.